The summed E-state index contributed by atoms with van der Waals surface area (Å²) in [6.45, 7) is 8.42. The quantitative estimate of drug-likeness (QED) is 0.835. The SMILES string of the molecule is Cc1ccc(Cc2ncc(CNCC(C)C)[nH]2)cc1. The van der Waals surface area contributed by atoms with Crippen LogP contribution in [0.2, 0.25) is 0 Å². The van der Waals surface area contributed by atoms with Crippen LogP contribution in [-0.4, -0.2) is 16.5 Å². The molecule has 0 spiro atoms. The Morgan fingerprint density at radius 3 is 2.63 bits per heavy atom. The number of rotatable bonds is 6. The van der Waals surface area contributed by atoms with Crippen molar-refractivity contribution in [2.75, 3.05) is 6.54 Å². The van der Waals surface area contributed by atoms with Gasteiger partial charge in [0.25, 0.3) is 0 Å². The molecule has 102 valence electrons. The molecule has 0 amide bonds. The summed E-state index contributed by atoms with van der Waals surface area (Å²) in [5, 5.41) is 3.41. The molecule has 1 aromatic carbocycles. The third-order valence-electron chi connectivity index (χ3n) is 3.04. The number of H-pyrrole nitrogens is 1. The van der Waals surface area contributed by atoms with Crippen molar-refractivity contribution in [1.29, 1.82) is 0 Å². The fourth-order valence-electron chi connectivity index (χ4n) is 1.98. The normalized spacial score (nSPS) is 11.2. The number of benzene rings is 1. The van der Waals surface area contributed by atoms with Gasteiger partial charge in [-0.2, -0.15) is 0 Å². The Labute approximate surface area is 115 Å². The van der Waals surface area contributed by atoms with Gasteiger partial charge in [-0.15, -0.1) is 0 Å². The number of aryl methyl sites for hydroxylation is 1. The third-order valence-corrected chi connectivity index (χ3v) is 3.04. The third kappa shape index (κ3) is 4.52. The van der Waals surface area contributed by atoms with Gasteiger partial charge < -0.3 is 10.3 Å². The van der Waals surface area contributed by atoms with E-state index < -0.39 is 0 Å². The molecule has 0 saturated heterocycles. The number of aromatic amines is 1. The molecular formula is C16H23N3. The topological polar surface area (TPSA) is 40.7 Å². The maximum Gasteiger partial charge on any atom is 0.110 e. The molecule has 3 nitrogen and oxygen atoms in total. The molecule has 0 fully saturated rings. The highest BCUT2D eigenvalue weighted by Gasteiger charge is 2.02. The average Bonchev–Trinajstić information content (AvgIpc) is 2.79. The van der Waals surface area contributed by atoms with Crippen LogP contribution < -0.4 is 5.32 Å². The molecule has 0 saturated carbocycles. The largest absolute Gasteiger partial charge is 0.345 e. The zero-order valence-electron chi connectivity index (χ0n) is 12.0. The van der Waals surface area contributed by atoms with E-state index in [1.807, 2.05) is 6.20 Å². The van der Waals surface area contributed by atoms with Gasteiger partial charge in [-0.05, 0) is 24.9 Å². The smallest absolute Gasteiger partial charge is 0.110 e. The van der Waals surface area contributed by atoms with Gasteiger partial charge in [-0.1, -0.05) is 43.7 Å². The second-order valence-electron chi connectivity index (χ2n) is 5.54. The van der Waals surface area contributed by atoms with Crippen molar-refractivity contribution in [2.24, 2.45) is 5.92 Å². The summed E-state index contributed by atoms with van der Waals surface area (Å²) in [6, 6.07) is 8.61. The Hall–Kier alpha value is -1.61. The standard InChI is InChI=1S/C16H23N3/c1-12(2)9-17-10-15-11-18-16(19-15)8-14-6-4-13(3)5-7-14/h4-7,11-12,17H,8-10H2,1-3H3,(H,18,19). The van der Waals surface area contributed by atoms with Gasteiger partial charge in [0.2, 0.25) is 0 Å². The van der Waals surface area contributed by atoms with E-state index in [0.29, 0.717) is 5.92 Å². The second-order valence-corrected chi connectivity index (χ2v) is 5.54. The molecule has 0 unspecified atom stereocenters. The van der Waals surface area contributed by atoms with E-state index in [1.165, 1.54) is 11.1 Å². The lowest BCUT2D eigenvalue weighted by atomic mass is 10.1. The molecule has 0 atom stereocenters. The highest BCUT2D eigenvalue weighted by Crippen LogP contribution is 2.08. The monoisotopic (exact) mass is 257 g/mol. The summed E-state index contributed by atoms with van der Waals surface area (Å²) in [5.74, 6) is 1.71. The Balaban J connectivity index is 1.88. The number of nitrogens with zero attached hydrogens (tertiary/aromatic N) is 1. The second kappa shape index (κ2) is 6.53. The lowest BCUT2D eigenvalue weighted by Gasteiger charge is -2.05. The van der Waals surface area contributed by atoms with E-state index in [-0.39, 0.29) is 0 Å². The summed E-state index contributed by atoms with van der Waals surface area (Å²) in [7, 11) is 0. The van der Waals surface area contributed by atoms with Gasteiger partial charge in [0, 0.05) is 24.9 Å². The summed E-state index contributed by atoms with van der Waals surface area (Å²) >= 11 is 0. The number of aromatic nitrogens is 2. The van der Waals surface area contributed by atoms with Gasteiger partial charge in [-0.3, -0.25) is 0 Å². The van der Waals surface area contributed by atoms with Gasteiger partial charge in [0.1, 0.15) is 5.82 Å². The van der Waals surface area contributed by atoms with E-state index in [2.05, 4.69) is 60.3 Å². The zero-order chi connectivity index (χ0) is 13.7. The molecule has 0 radical (unpaired) electrons. The van der Waals surface area contributed by atoms with Crippen LogP contribution in [0.5, 0.6) is 0 Å². The zero-order valence-corrected chi connectivity index (χ0v) is 12.0. The van der Waals surface area contributed by atoms with Gasteiger partial charge >= 0.3 is 0 Å². The Morgan fingerprint density at radius 2 is 1.95 bits per heavy atom. The van der Waals surface area contributed by atoms with Crippen LogP contribution in [-0.2, 0) is 13.0 Å². The van der Waals surface area contributed by atoms with Crippen molar-refractivity contribution < 1.29 is 0 Å². The van der Waals surface area contributed by atoms with Gasteiger partial charge in [0.05, 0.1) is 0 Å². The molecule has 2 aromatic rings. The maximum atomic E-state index is 4.44. The first-order valence-electron chi connectivity index (χ1n) is 6.92. The van der Waals surface area contributed by atoms with E-state index >= 15 is 0 Å². The van der Waals surface area contributed by atoms with Crippen LogP contribution in [0.4, 0.5) is 0 Å². The minimum absolute atomic E-state index is 0.676. The lowest BCUT2D eigenvalue weighted by molar-refractivity contribution is 0.548. The highest BCUT2D eigenvalue weighted by molar-refractivity contribution is 5.24. The summed E-state index contributed by atoms with van der Waals surface area (Å²) < 4.78 is 0. The van der Waals surface area contributed by atoms with Crippen LogP contribution in [0.15, 0.2) is 30.5 Å². The molecule has 1 aromatic heterocycles. The van der Waals surface area contributed by atoms with Crippen LogP contribution in [0, 0.1) is 12.8 Å². The number of hydrogen-bond donors (Lipinski definition) is 2. The van der Waals surface area contributed by atoms with E-state index in [0.717, 1.165) is 31.0 Å². The molecule has 2 rings (SSSR count). The molecule has 19 heavy (non-hydrogen) atoms. The predicted molar refractivity (Wildman–Crippen MR) is 79.1 cm³/mol. The molecule has 2 N–H and O–H groups in total. The lowest BCUT2D eigenvalue weighted by Crippen LogP contribution is -2.19. The van der Waals surface area contributed by atoms with E-state index in [4.69, 9.17) is 0 Å². The first kappa shape index (κ1) is 13.8. The van der Waals surface area contributed by atoms with Crippen molar-refractivity contribution >= 4 is 0 Å². The van der Waals surface area contributed by atoms with Crippen LogP contribution >= 0.6 is 0 Å². The molecule has 3 heteroatoms. The van der Waals surface area contributed by atoms with Crippen molar-refractivity contribution in [2.45, 2.75) is 33.7 Å². The Kier molecular flexibility index (Phi) is 4.74. The molecule has 0 aliphatic carbocycles. The average molecular weight is 257 g/mol. The minimum Gasteiger partial charge on any atom is -0.345 e. The first-order chi connectivity index (χ1) is 9.13. The fourth-order valence-corrected chi connectivity index (χ4v) is 1.98. The Morgan fingerprint density at radius 1 is 1.21 bits per heavy atom. The van der Waals surface area contributed by atoms with Gasteiger partial charge in [-0.25, -0.2) is 4.98 Å². The van der Waals surface area contributed by atoms with Crippen molar-refractivity contribution in [3.8, 4) is 0 Å². The summed E-state index contributed by atoms with van der Waals surface area (Å²) in [6.07, 6.45) is 2.79. The molecule has 1 heterocycles. The first-order valence-corrected chi connectivity index (χ1v) is 6.92. The number of hydrogen-bond acceptors (Lipinski definition) is 2. The van der Waals surface area contributed by atoms with Gasteiger partial charge in [0.15, 0.2) is 0 Å². The van der Waals surface area contributed by atoms with Crippen LogP contribution in [0.3, 0.4) is 0 Å². The van der Waals surface area contributed by atoms with Crippen LogP contribution in [0.1, 0.15) is 36.5 Å². The Bertz CT molecular complexity index is 497. The number of imidazole rings is 1. The van der Waals surface area contributed by atoms with E-state index in [1.54, 1.807) is 0 Å². The minimum atomic E-state index is 0.676. The molecule has 0 aliphatic rings. The fraction of sp³-hybridized carbons (Fsp3) is 0.438. The highest BCUT2D eigenvalue weighted by atomic mass is 15.0. The summed E-state index contributed by atoms with van der Waals surface area (Å²) in [4.78, 5) is 7.81. The van der Waals surface area contributed by atoms with Crippen molar-refractivity contribution in [3.63, 3.8) is 0 Å². The van der Waals surface area contributed by atoms with Crippen molar-refractivity contribution in [3.05, 3.63) is 53.1 Å². The predicted octanol–water partition coefficient (Wildman–Crippen LogP) is 3.05. The summed E-state index contributed by atoms with van der Waals surface area (Å²) in [5.41, 5.74) is 3.74. The van der Waals surface area contributed by atoms with E-state index in [9.17, 15) is 0 Å². The molecule has 0 aliphatic heterocycles. The van der Waals surface area contributed by atoms with Crippen molar-refractivity contribution in [1.82, 2.24) is 15.3 Å². The maximum absolute atomic E-state index is 4.44. The number of nitrogens with one attached hydrogen (secondary N) is 2. The molecule has 0 bridgehead atoms. The molecular weight excluding hydrogens is 234 g/mol. The van der Waals surface area contributed by atoms with Crippen LogP contribution in [0.25, 0.3) is 0 Å².